The minimum absolute atomic E-state index is 0.481. The van der Waals surface area contributed by atoms with Gasteiger partial charge in [-0.05, 0) is 52.2 Å². The molecular weight excluding hydrogens is 378 g/mol. The van der Waals surface area contributed by atoms with Gasteiger partial charge in [-0.25, -0.2) is 0 Å². The first-order chi connectivity index (χ1) is 14.8. The highest BCUT2D eigenvalue weighted by molar-refractivity contribution is 5.77. The van der Waals surface area contributed by atoms with E-state index in [1.807, 2.05) is 37.3 Å². The van der Waals surface area contributed by atoms with Crippen molar-refractivity contribution in [2.75, 3.05) is 26.2 Å². The third kappa shape index (κ3) is 4.04. The number of hydrogen-bond donors (Lipinski definition) is 0. The number of piperidine rings is 1. The zero-order chi connectivity index (χ0) is 20.3. The van der Waals surface area contributed by atoms with Crippen LogP contribution in [-0.2, 0) is 6.54 Å². The van der Waals surface area contributed by atoms with Gasteiger partial charge >= 0.3 is 0 Å². The summed E-state index contributed by atoms with van der Waals surface area (Å²) in [5.74, 6) is 1.83. The molecular formula is C23H29N5O2. The van der Waals surface area contributed by atoms with Crippen LogP contribution in [0.4, 0.5) is 0 Å². The normalized spacial score (nSPS) is 20.8. The summed E-state index contributed by atoms with van der Waals surface area (Å²) in [6, 6.07) is 10.5. The second-order valence-corrected chi connectivity index (χ2v) is 8.46. The number of likely N-dealkylation sites (tertiary alicyclic amines) is 2. The van der Waals surface area contributed by atoms with Crippen LogP contribution < -0.4 is 0 Å². The third-order valence-corrected chi connectivity index (χ3v) is 6.35. The maximum atomic E-state index is 6.09. The summed E-state index contributed by atoms with van der Waals surface area (Å²) in [5, 5.41) is 12.9. The molecule has 158 valence electrons. The van der Waals surface area contributed by atoms with Crippen LogP contribution in [0.1, 0.15) is 43.8 Å². The third-order valence-electron chi connectivity index (χ3n) is 6.35. The molecule has 0 radical (unpaired) electrons. The minimum Gasteiger partial charge on any atom is -0.419 e. The van der Waals surface area contributed by atoms with E-state index in [2.05, 4.69) is 25.2 Å². The number of nitrogens with zero attached hydrogens (tertiary/aromatic N) is 5. The van der Waals surface area contributed by atoms with Gasteiger partial charge in [-0.3, -0.25) is 4.90 Å². The van der Waals surface area contributed by atoms with Crippen molar-refractivity contribution in [1.29, 1.82) is 0 Å². The second kappa shape index (κ2) is 8.70. The van der Waals surface area contributed by atoms with Crippen molar-refractivity contribution in [3.63, 3.8) is 0 Å². The molecule has 2 fully saturated rings. The predicted octanol–water partition coefficient (Wildman–Crippen LogP) is 4.15. The fourth-order valence-electron chi connectivity index (χ4n) is 4.76. The predicted molar refractivity (Wildman–Crippen MR) is 114 cm³/mol. The Morgan fingerprint density at radius 2 is 1.83 bits per heavy atom. The van der Waals surface area contributed by atoms with Crippen LogP contribution in [0.25, 0.3) is 22.7 Å². The average molecular weight is 408 g/mol. The standard InChI is InChI=1S/C23H29N5O2/c1-17-21(22(26-30-17)18-9-4-2-5-10-18)23-25-24-20(29-23)16-28-14-8-11-19(28)15-27-12-6-3-7-13-27/h2,4-5,9-10,19H,3,6-8,11-16H2,1H3. The molecule has 5 rings (SSSR count). The molecule has 3 aromatic rings. The van der Waals surface area contributed by atoms with E-state index in [1.165, 1.54) is 45.2 Å². The molecule has 0 aliphatic carbocycles. The van der Waals surface area contributed by atoms with E-state index >= 15 is 0 Å². The van der Waals surface area contributed by atoms with Crippen molar-refractivity contribution >= 4 is 0 Å². The first-order valence-corrected chi connectivity index (χ1v) is 11.1. The van der Waals surface area contributed by atoms with Crippen LogP contribution >= 0.6 is 0 Å². The molecule has 4 heterocycles. The number of aromatic nitrogens is 3. The van der Waals surface area contributed by atoms with E-state index in [9.17, 15) is 0 Å². The molecule has 0 saturated carbocycles. The summed E-state index contributed by atoms with van der Waals surface area (Å²) in [7, 11) is 0. The molecule has 1 unspecified atom stereocenters. The van der Waals surface area contributed by atoms with E-state index in [4.69, 9.17) is 8.94 Å². The molecule has 2 aliphatic rings. The number of hydrogen-bond acceptors (Lipinski definition) is 7. The van der Waals surface area contributed by atoms with Crippen LogP contribution in [-0.4, -0.2) is 57.4 Å². The number of benzene rings is 1. The van der Waals surface area contributed by atoms with Crippen molar-refractivity contribution < 1.29 is 8.94 Å². The van der Waals surface area contributed by atoms with Gasteiger partial charge in [-0.15, -0.1) is 10.2 Å². The quantitative estimate of drug-likeness (QED) is 0.608. The van der Waals surface area contributed by atoms with Crippen molar-refractivity contribution in [3.05, 3.63) is 42.0 Å². The summed E-state index contributed by atoms with van der Waals surface area (Å²) < 4.78 is 11.5. The lowest BCUT2D eigenvalue weighted by molar-refractivity contribution is 0.142. The van der Waals surface area contributed by atoms with Crippen LogP contribution in [0.3, 0.4) is 0 Å². The summed E-state index contributed by atoms with van der Waals surface area (Å²) in [4.78, 5) is 5.13. The first kappa shape index (κ1) is 19.5. The van der Waals surface area contributed by atoms with Gasteiger partial charge in [0.2, 0.25) is 5.89 Å². The summed E-state index contributed by atoms with van der Waals surface area (Å²) in [6.07, 6.45) is 6.54. The SMILES string of the molecule is Cc1onc(-c2ccccc2)c1-c1nnc(CN2CCCC2CN2CCCCC2)o1. The molecule has 1 aromatic carbocycles. The summed E-state index contributed by atoms with van der Waals surface area (Å²) in [6.45, 7) is 7.32. The van der Waals surface area contributed by atoms with Gasteiger partial charge in [0.25, 0.3) is 5.89 Å². The van der Waals surface area contributed by atoms with Gasteiger partial charge in [-0.1, -0.05) is 41.9 Å². The second-order valence-electron chi connectivity index (χ2n) is 8.46. The molecule has 7 nitrogen and oxygen atoms in total. The largest absolute Gasteiger partial charge is 0.419 e. The average Bonchev–Trinajstić information content (AvgIpc) is 3.51. The van der Waals surface area contributed by atoms with Crippen molar-refractivity contribution in [2.24, 2.45) is 0 Å². The highest BCUT2D eigenvalue weighted by atomic mass is 16.5. The maximum absolute atomic E-state index is 6.09. The molecule has 1 atom stereocenters. The fraction of sp³-hybridized carbons (Fsp3) is 0.522. The molecule has 30 heavy (non-hydrogen) atoms. The van der Waals surface area contributed by atoms with Gasteiger partial charge in [0.15, 0.2) is 0 Å². The van der Waals surface area contributed by atoms with E-state index < -0.39 is 0 Å². The van der Waals surface area contributed by atoms with Crippen LogP contribution in [0.5, 0.6) is 0 Å². The first-order valence-electron chi connectivity index (χ1n) is 11.1. The molecule has 2 aliphatic heterocycles. The Morgan fingerprint density at radius 1 is 1.00 bits per heavy atom. The Morgan fingerprint density at radius 3 is 2.67 bits per heavy atom. The van der Waals surface area contributed by atoms with Crippen molar-refractivity contribution in [1.82, 2.24) is 25.2 Å². The number of rotatable bonds is 6. The van der Waals surface area contributed by atoms with Gasteiger partial charge in [-0.2, -0.15) is 0 Å². The monoisotopic (exact) mass is 407 g/mol. The van der Waals surface area contributed by atoms with Crippen LogP contribution in [0.2, 0.25) is 0 Å². The van der Waals surface area contributed by atoms with Crippen molar-refractivity contribution in [3.8, 4) is 22.7 Å². The molecule has 2 saturated heterocycles. The van der Waals surface area contributed by atoms with E-state index in [-0.39, 0.29) is 0 Å². The lowest BCUT2D eigenvalue weighted by Gasteiger charge is -2.32. The smallest absolute Gasteiger partial charge is 0.253 e. The highest BCUT2D eigenvalue weighted by Gasteiger charge is 2.29. The van der Waals surface area contributed by atoms with E-state index in [0.29, 0.717) is 30.1 Å². The van der Waals surface area contributed by atoms with Gasteiger partial charge in [0, 0.05) is 18.2 Å². The fourth-order valence-corrected chi connectivity index (χ4v) is 4.76. The Kier molecular flexibility index (Phi) is 5.64. The minimum atomic E-state index is 0.481. The molecule has 7 heteroatoms. The van der Waals surface area contributed by atoms with E-state index in [1.54, 1.807) is 0 Å². The molecule has 0 bridgehead atoms. The molecule has 2 aromatic heterocycles. The topological polar surface area (TPSA) is 71.4 Å². The van der Waals surface area contributed by atoms with Crippen LogP contribution in [0.15, 0.2) is 39.3 Å². The summed E-state index contributed by atoms with van der Waals surface area (Å²) >= 11 is 0. The van der Waals surface area contributed by atoms with Crippen LogP contribution in [0, 0.1) is 6.92 Å². The Labute approximate surface area is 177 Å². The van der Waals surface area contributed by atoms with Gasteiger partial charge < -0.3 is 13.8 Å². The van der Waals surface area contributed by atoms with Crippen molar-refractivity contribution in [2.45, 2.75) is 51.6 Å². The van der Waals surface area contributed by atoms with Gasteiger partial charge in [0.1, 0.15) is 17.0 Å². The molecule has 0 amide bonds. The lowest BCUT2D eigenvalue weighted by atomic mass is 10.1. The highest BCUT2D eigenvalue weighted by Crippen LogP contribution is 2.33. The summed E-state index contributed by atoms with van der Waals surface area (Å²) in [5.41, 5.74) is 2.50. The zero-order valence-electron chi connectivity index (χ0n) is 17.6. The Bertz CT molecular complexity index is 961. The molecule has 0 spiro atoms. The zero-order valence-corrected chi connectivity index (χ0v) is 17.6. The Balaban J connectivity index is 1.31. The Hall–Kier alpha value is -2.51. The van der Waals surface area contributed by atoms with Gasteiger partial charge in [0.05, 0.1) is 6.54 Å². The molecule has 0 N–H and O–H groups in total. The number of aryl methyl sites for hydroxylation is 1. The van der Waals surface area contributed by atoms with E-state index in [0.717, 1.165) is 29.9 Å². The maximum Gasteiger partial charge on any atom is 0.253 e. The lowest BCUT2D eigenvalue weighted by Crippen LogP contribution is -2.42.